The Balaban J connectivity index is 1.41. The largest absolute Gasteiger partial charge is 0.397 e. The van der Waals surface area contributed by atoms with Crippen molar-refractivity contribution in [3.05, 3.63) is 24.0 Å². The third-order valence-corrected chi connectivity index (χ3v) is 4.78. The first kappa shape index (κ1) is 13.8. The van der Waals surface area contributed by atoms with Crippen molar-refractivity contribution >= 4 is 5.69 Å². The van der Waals surface area contributed by atoms with Gasteiger partial charge in [-0.3, -0.25) is 9.88 Å². The van der Waals surface area contributed by atoms with Gasteiger partial charge in [0.05, 0.1) is 11.9 Å². The second-order valence-corrected chi connectivity index (χ2v) is 6.15. The predicted molar refractivity (Wildman–Crippen MR) is 82.6 cm³/mol. The molecule has 0 unspecified atom stereocenters. The second kappa shape index (κ2) is 6.55. The number of piperazine rings is 1. The maximum atomic E-state index is 5.66. The smallest absolute Gasteiger partial charge is 0.0501 e. The highest BCUT2D eigenvalue weighted by Crippen LogP contribution is 2.24. The monoisotopic (exact) mass is 274 g/mol. The van der Waals surface area contributed by atoms with E-state index in [1.165, 1.54) is 51.9 Å². The van der Waals surface area contributed by atoms with E-state index in [1.807, 2.05) is 12.1 Å². The van der Waals surface area contributed by atoms with E-state index in [0.717, 1.165) is 30.4 Å². The van der Waals surface area contributed by atoms with Gasteiger partial charge in [0.15, 0.2) is 0 Å². The van der Waals surface area contributed by atoms with Crippen LogP contribution in [0.5, 0.6) is 0 Å². The average Bonchev–Trinajstić information content (AvgIpc) is 3.01. The van der Waals surface area contributed by atoms with E-state index < -0.39 is 0 Å². The standard InChI is InChI=1S/C16H26N4/c17-14-5-6-15(18-13-14)7-8-19-9-11-20(12-10-19)16-3-1-2-4-16/h5-6,13,16H,1-4,7-12,17H2. The molecule has 0 amide bonds. The lowest BCUT2D eigenvalue weighted by atomic mass is 10.1. The molecule has 0 spiro atoms. The van der Waals surface area contributed by atoms with Gasteiger partial charge >= 0.3 is 0 Å². The van der Waals surface area contributed by atoms with Crippen molar-refractivity contribution in [2.75, 3.05) is 38.5 Å². The summed E-state index contributed by atoms with van der Waals surface area (Å²) in [6, 6.07) is 4.88. The zero-order valence-electron chi connectivity index (χ0n) is 12.3. The van der Waals surface area contributed by atoms with Crippen molar-refractivity contribution in [3.8, 4) is 0 Å². The van der Waals surface area contributed by atoms with Crippen molar-refractivity contribution in [1.82, 2.24) is 14.8 Å². The minimum absolute atomic E-state index is 0.749. The van der Waals surface area contributed by atoms with Crippen LogP contribution in [0.15, 0.2) is 18.3 Å². The molecule has 2 aliphatic rings. The summed E-state index contributed by atoms with van der Waals surface area (Å²) >= 11 is 0. The molecule has 0 aromatic carbocycles. The molecule has 2 heterocycles. The van der Waals surface area contributed by atoms with Crippen LogP contribution < -0.4 is 5.73 Å². The average molecular weight is 274 g/mol. The van der Waals surface area contributed by atoms with Crippen LogP contribution in [0.2, 0.25) is 0 Å². The molecule has 1 aromatic rings. The van der Waals surface area contributed by atoms with Crippen LogP contribution in [0, 0.1) is 0 Å². The molecule has 4 nitrogen and oxygen atoms in total. The summed E-state index contributed by atoms with van der Waals surface area (Å²) in [5, 5.41) is 0. The number of aromatic nitrogens is 1. The lowest BCUT2D eigenvalue weighted by Crippen LogP contribution is -2.50. The number of nitrogens with zero attached hydrogens (tertiary/aromatic N) is 3. The molecule has 2 fully saturated rings. The Hall–Kier alpha value is -1.13. The van der Waals surface area contributed by atoms with E-state index in [4.69, 9.17) is 5.73 Å². The molecule has 0 atom stereocenters. The fraction of sp³-hybridized carbons (Fsp3) is 0.688. The number of nitrogens with two attached hydrogens (primary N) is 1. The van der Waals surface area contributed by atoms with E-state index in [2.05, 4.69) is 14.8 Å². The molecule has 110 valence electrons. The Labute approximate surface area is 122 Å². The molecule has 20 heavy (non-hydrogen) atoms. The van der Waals surface area contributed by atoms with Crippen molar-refractivity contribution in [3.63, 3.8) is 0 Å². The number of rotatable bonds is 4. The third-order valence-electron chi connectivity index (χ3n) is 4.78. The zero-order valence-corrected chi connectivity index (χ0v) is 12.3. The van der Waals surface area contributed by atoms with Crippen LogP contribution in [-0.4, -0.2) is 53.5 Å². The fourth-order valence-electron chi connectivity index (χ4n) is 3.48. The fourth-order valence-corrected chi connectivity index (χ4v) is 3.48. The molecule has 1 aromatic heterocycles. The van der Waals surface area contributed by atoms with E-state index in [1.54, 1.807) is 6.20 Å². The van der Waals surface area contributed by atoms with Crippen molar-refractivity contribution < 1.29 is 0 Å². The molecule has 0 bridgehead atoms. The first-order valence-corrected chi connectivity index (χ1v) is 7.98. The van der Waals surface area contributed by atoms with Crippen molar-refractivity contribution in [1.29, 1.82) is 0 Å². The first-order valence-electron chi connectivity index (χ1n) is 7.98. The summed E-state index contributed by atoms with van der Waals surface area (Å²) in [5.74, 6) is 0. The molecule has 2 N–H and O–H groups in total. The predicted octanol–water partition coefficient (Wildman–Crippen LogP) is 1.77. The summed E-state index contributed by atoms with van der Waals surface area (Å²) in [6.45, 7) is 6.05. The van der Waals surface area contributed by atoms with E-state index >= 15 is 0 Å². The zero-order chi connectivity index (χ0) is 13.8. The molecule has 1 aliphatic carbocycles. The summed E-state index contributed by atoms with van der Waals surface area (Å²) in [5.41, 5.74) is 7.56. The lowest BCUT2D eigenvalue weighted by molar-refractivity contribution is 0.0985. The van der Waals surface area contributed by atoms with Gasteiger partial charge in [-0.25, -0.2) is 0 Å². The van der Waals surface area contributed by atoms with Crippen molar-refractivity contribution in [2.24, 2.45) is 0 Å². The summed E-state index contributed by atoms with van der Waals surface area (Å²) in [6.07, 6.45) is 8.52. The van der Waals surface area contributed by atoms with Gasteiger partial charge in [0, 0.05) is 50.9 Å². The normalized spacial score (nSPS) is 22.4. The van der Waals surface area contributed by atoms with Gasteiger partial charge in [-0.15, -0.1) is 0 Å². The Morgan fingerprint density at radius 1 is 1.10 bits per heavy atom. The summed E-state index contributed by atoms with van der Waals surface area (Å²) in [4.78, 5) is 9.66. The second-order valence-electron chi connectivity index (χ2n) is 6.15. The summed E-state index contributed by atoms with van der Waals surface area (Å²) < 4.78 is 0. The van der Waals surface area contributed by atoms with Gasteiger partial charge in [0.2, 0.25) is 0 Å². The number of anilines is 1. The Morgan fingerprint density at radius 3 is 2.50 bits per heavy atom. The lowest BCUT2D eigenvalue weighted by Gasteiger charge is -2.38. The molecule has 1 saturated heterocycles. The number of hydrogen-bond acceptors (Lipinski definition) is 4. The van der Waals surface area contributed by atoms with Crippen molar-refractivity contribution in [2.45, 2.75) is 38.1 Å². The van der Waals surface area contributed by atoms with Crippen LogP contribution in [-0.2, 0) is 6.42 Å². The molecule has 1 saturated carbocycles. The SMILES string of the molecule is Nc1ccc(CCN2CCN(C3CCCC3)CC2)nc1. The van der Waals surface area contributed by atoms with Gasteiger partial charge < -0.3 is 10.6 Å². The van der Waals surface area contributed by atoms with E-state index in [0.29, 0.717) is 0 Å². The van der Waals surface area contributed by atoms with Crippen LogP contribution in [0.1, 0.15) is 31.4 Å². The maximum absolute atomic E-state index is 5.66. The highest BCUT2D eigenvalue weighted by atomic mass is 15.3. The van der Waals surface area contributed by atoms with E-state index in [-0.39, 0.29) is 0 Å². The van der Waals surface area contributed by atoms with Gasteiger partial charge in [0.1, 0.15) is 0 Å². The number of hydrogen-bond donors (Lipinski definition) is 1. The minimum atomic E-state index is 0.749. The van der Waals surface area contributed by atoms with Gasteiger partial charge in [-0.2, -0.15) is 0 Å². The molecule has 4 heteroatoms. The third kappa shape index (κ3) is 3.49. The van der Waals surface area contributed by atoms with E-state index in [9.17, 15) is 0 Å². The molecule has 3 rings (SSSR count). The van der Waals surface area contributed by atoms with Crippen LogP contribution in [0.4, 0.5) is 5.69 Å². The quantitative estimate of drug-likeness (QED) is 0.909. The number of pyridine rings is 1. The Morgan fingerprint density at radius 2 is 1.85 bits per heavy atom. The Bertz CT molecular complexity index is 403. The van der Waals surface area contributed by atoms with Gasteiger partial charge in [-0.05, 0) is 25.0 Å². The summed E-state index contributed by atoms with van der Waals surface area (Å²) in [7, 11) is 0. The maximum Gasteiger partial charge on any atom is 0.0501 e. The molecule has 0 radical (unpaired) electrons. The highest BCUT2D eigenvalue weighted by molar-refractivity contribution is 5.34. The van der Waals surface area contributed by atoms with Gasteiger partial charge in [-0.1, -0.05) is 12.8 Å². The highest BCUT2D eigenvalue weighted by Gasteiger charge is 2.25. The first-order chi connectivity index (χ1) is 9.81. The number of nitrogen functional groups attached to an aromatic ring is 1. The Kier molecular flexibility index (Phi) is 4.53. The molecule has 1 aliphatic heterocycles. The minimum Gasteiger partial charge on any atom is -0.397 e. The molecular weight excluding hydrogens is 248 g/mol. The molecular formula is C16H26N4. The van der Waals surface area contributed by atoms with Crippen LogP contribution in [0.25, 0.3) is 0 Å². The topological polar surface area (TPSA) is 45.4 Å². The van der Waals surface area contributed by atoms with Gasteiger partial charge in [0.25, 0.3) is 0 Å². The van der Waals surface area contributed by atoms with Crippen LogP contribution >= 0.6 is 0 Å². The van der Waals surface area contributed by atoms with Crippen LogP contribution in [0.3, 0.4) is 0 Å².